The van der Waals surface area contributed by atoms with Gasteiger partial charge in [-0.15, -0.1) is 0 Å². The van der Waals surface area contributed by atoms with Gasteiger partial charge < -0.3 is 9.52 Å². The second kappa shape index (κ2) is 4.57. The van der Waals surface area contributed by atoms with Crippen molar-refractivity contribution in [1.82, 2.24) is 4.98 Å². The third kappa shape index (κ3) is 2.33. The molecule has 0 spiro atoms. The van der Waals surface area contributed by atoms with Crippen LogP contribution in [-0.4, -0.2) is 16.1 Å². The van der Waals surface area contributed by atoms with E-state index >= 15 is 0 Å². The van der Waals surface area contributed by atoms with E-state index < -0.39 is 5.97 Å². The second-order valence-electron chi connectivity index (χ2n) is 4.23. The van der Waals surface area contributed by atoms with Crippen molar-refractivity contribution >= 4 is 17.1 Å². The number of nitrogens with zero attached hydrogens (tertiary/aromatic N) is 1. The highest BCUT2D eigenvalue weighted by Gasteiger charge is 2.10. The molecule has 0 aliphatic carbocycles. The zero-order valence-electron chi connectivity index (χ0n) is 10.0. The van der Waals surface area contributed by atoms with Gasteiger partial charge in [-0.2, -0.15) is 0 Å². The van der Waals surface area contributed by atoms with Crippen LogP contribution in [0, 0.1) is 0 Å². The van der Waals surface area contributed by atoms with Gasteiger partial charge in [0.05, 0.1) is 0 Å². The van der Waals surface area contributed by atoms with E-state index in [9.17, 15) is 4.79 Å². The van der Waals surface area contributed by atoms with Gasteiger partial charge in [-0.1, -0.05) is 36.4 Å². The van der Waals surface area contributed by atoms with Gasteiger partial charge >= 0.3 is 5.97 Å². The predicted octanol–water partition coefficient (Wildman–Crippen LogP) is 3.12. The summed E-state index contributed by atoms with van der Waals surface area (Å²) in [5.74, 6) is -0.720. The van der Waals surface area contributed by atoms with E-state index in [2.05, 4.69) is 4.98 Å². The first-order valence-electron chi connectivity index (χ1n) is 5.89. The molecule has 2 aromatic carbocycles. The van der Waals surface area contributed by atoms with Crippen molar-refractivity contribution < 1.29 is 14.3 Å². The standard InChI is InChI=1S/C15H11NO3/c17-15(18)9-14-16-12-8-11(6-7-13(12)19-14)10-4-2-1-3-5-10/h1-8H,9H2,(H,17,18). The Balaban J connectivity index is 2.03. The number of rotatable bonds is 3. The SMILES string of the molecule is O=C(O)Cc1nc2cc(-c3ccccc3)ccc2o1. The molecule has 0 fully saturated rings. The monoisotopic (exact) mass is 253 g/mol. The second-order valence-corrected chi connectivity index (χ2v) is 4.23. The van der Waals surface area contributed by atoms with Gasteiger partial charge in [0, 0.05) is 0 Å². The molecule has 1 aromatic heterocycles. The van der Waals surface area contributed by atoms with Crippen molar-refractivity contribution in [2.24, 2.45) is 0 Å². The molecule has 1 N–H and O–H groups in total. The fraction of sp³-hybridized carbons (Fsp3) is 0.0667. The number of carbonyl (C=O) groups is 1. The lowest BCUT2D eigenvalue weighted by Gasteiger charge is -1.99. The van der Waals surface area contributed by atoms with Crippen LogP contribution in [0.4, 0.5) is 0 Å². The lowest BCUT2D eigenvalue weighted by atomic mass is 10.1. The fourth-order valence-corrected chi connectivity index (χ4v) is 1.99. The van der Waals surface area contributed by atoms with Crippen molar-refractivity contribution in [3.8, 4) is 11.1 Å². The van der Waals surface area contributed by atoms with Crippen LogP contribution < -0.4 is 0 Å². The highest BCUT2D eigenvalue weighted by molar-refractivity contribution is 5.81. The molecule has 0 aliphatic rings. The number of carboxylic acid groups (broad SMARTS) is 1. The molecule has 19 heavy (non-hydrogen) atoms. The molecule has 0 radical (unpaired) electrons. The lowest BCUT2D eigenvalue weighted by Crippen LogP contribution is -1.99. The van der Waals surface area contributed by atoms with Crippen LogP contribution >= 0.6 is 0 Å². The van der Waals surface area contributed by atoms with Crippen LogP contribution in [0.5, 0.6) is 0 Å². The largest absolute Gasteiger partial charge is 0.481 e. The average Bonchev–Trinajstić information content (AvgIpc) is 2.79. The van der Waals surface area contributed by atoms with Gasteiger partial charge in [-0.05, 0) is 23.3 Å². The Morgan fingerprint density at radius 2 is 1.89 bits per heavy atom. The van der Waals surface area contributed by atoms with Gasteiger partial charge in [0.2, 0.25) is 5.89 Å². The number of fused-ring (bicyclic) bond motifs is 1. The van der Waals surface area contributed by atoms with Gasteiger partial charge in [-0.3, -0.25) is 4.79 Å². The number of hydrogen-bond donors (Lipinski definition) is 1. The van der Waals surface area contributed by atoms with E-state index in [1.165, 1.54) is 0 Å². The molecule has 1 heterocycles. The Bertz CT molecular complexity index is 731. The minimum Gasteiger partial charge on any atom is -0.481 e. The van der Waals surface area contributed by atoms with Crippen LogP contribution in [0.1, 0.15) is 5.89 Å². The fourth-order valence-electron chi connectivity index (χ4n) is 1.99. The maximum absolute atomic E-state index is 10.6. The van der Waals surface area contributed by atoms with Crippen LogP contribution in [0.3, 0.4) is 0 Å². The number of aliphatic carboxylic acids is 1. The van der Waals surface area contributed by atoms with Gasteiger partial charge in [0.1, 0.15) is 11.9 Å². The van der Waals surface area contributed by atoms with Crippen LogP contribution in [0.2, 0.25) is 0 Å². The molecule has 0 aliphatic heterocycles. The van der Waals surface area contributed by atoms with E-state index in [4.69, 9.17) is 9.52 Å². The van der Waals surface area contributed by atoms with E-state index in [1.54, 1.807) is 0 Å². The van der Waals surface area contributed by atoms with E-state index in [0.717, 1.165) is 11.1 Å². The Morgan fingerprint density at radius 3 is 2.63 bits per heavy atom. The number of aromatic nitrogens is 1. The van der Waals surface area contributed by atoms with Gasteiger partial charge in [0.25, 0.3) is 0 Å². The van der Waals surface area contributed by atoms with E-state index in [0.29, 0.717) is 11.1 Å². The number of oxazole rings is 1. The molecular formula is C15H11NO3. The van der Waals surface area contributed by atoms with Crippen LogP contribution in [0.15, 0.2) is 52.9 Å². The van der Waals surface area contributed by atoms with E-state index in [1.807, 2.05) is 48.5 Å². The third-order valence-electron chi connectivity index (χ3n) is 2.84. The van der Waals surface area contributed by atoms with Crippen molar-refractivity contribution in [3.05, 3.63) is 54.4 Å². The Morgan fingerprint density at radius 1 is 1.11 bits per heavy atom. The maximum atomic E-state index is 10.6. The molecule has 3 aromatic rings. The molecule has 0 bridgehead atoms. The molecule has 0 unspecified atom stereocenters. The van der Waals surface area contributed by atoms with Crippen molar-refractivity contribution in [3.63, 3.8) is 0 Å². The van der Waals surface area contributed by atoms with Crippen molar-refractivity contribution in [2.45, 2.75) is 6.42 Å². The molecule has 4 heteroatoms. The molecular weight excluding hydrogens is 242 g/mol. The molecule has 3 rings (SSSR count). The minimum atomic E-state index is -0.949. The zero-order valence-corrected chi connectivity index (χ0v) is 10.0. The van der Waals surface area contributed by atoms with Crippen LogP contribution in [-0.2, 0) is 11.2 Å². The molecule has 0 saturated heterocycles. The number of hydrogen-bond acceptors (Lipinski definition) is 3. The number of benzene rings is 2. The summed E-state index contributed by atoms with van der Waals surface area (Å²) in [7, 11) is 0. The molecule has 0 atom stereocenters. The highest BCUT2D eigenvalue weighted by atomic mass is 16.4. The molecule has 0 amide bonds. The van der Waals surface area contributed by atoms with Crippen LogP contribution in [0.25, 0.3) is 22.2 Å². The topological polar surface area (TPSA) is 63.3 Å². The Kier molecular flexibility index (Phi) is 2.76. The van der Waals surface area contributed by atoms with Gasteiger partial charge in [-0.25, -0.2) is 4.98 Å². The molecule has 94 valence electrons. The van der Waals surface area contributed by atoms with Crippen molar-refractivity contribution in [2.75, 3.05) is 0 Å². The maximum Gasteiger partial charge on any atom is 0.312 e. The first-order chi connectivity index (χ1) is 9.22. The average molecular weight is 253 g/mol. The summed E-state index contributed by atoms with van der Waals surface area (Å²) in [6.07, 6.45) is -0.199. The van der Waals surface area contributed by atoms with Gasteiger partial charge in [0.15, 0.2) is 5.58 Å². The summed E-state index contributed by atoms with van der Waals surface area (Å²) in [6.45, 7) is 0. The third-order valence-corrected chi connectivity index (χ3v) is 2.84. The zero-order chi connectivity index (χ0) is 13.2. The Hall–Kier alpha value is -2.62. The summed E-state index contributed by atoms with van der Waals surface area (Å²) in [5.41, 5.74) is 3.41. The highest BCUT2D eigenvalue weighted by Crippen LogP contribution is 2.24. The molecule has 0 saturated carbocycles. The number of carboxylic acids is 1. The summed E-state index contributed by atoms with van der Waals surface area (Å²) >= 11 is 0. The lowest BCUT2D eigenvalue weighted by molar-refractivity contribution is -0.136. The molecule has 4 nitrogen and oxygen atoms in total. The predicted molar refractivity (Wildman–Crippen MR) is 70.8 cm³/mol. The summed E-state index contributed by atoms with van der Waals surface area (Å²) in [5, 5.41) is 8.72. The summed E-state index contributed by atoms with van der Waals surface area (Å²) in [6, 6.07) is 15.6. The quantitative estimate of drug-likeness (QED) is 0.778. The first kappa shape index (κ1) is 11.5. The normalized spacial score (nSPS) is 10.7. The van der Waals surface area contributed by atoms with Crippen molar-refractivity contribution in [1.29, 1.82) is 0 Å². The summed E-state index contributed by atoms with van der Waals surface area (Å²) in [4.78, 5) is 14.8. The Labute approximate surface area is 109 Å². The van der Waals surface area contributed by atoms with E-state index in [-0.39, 0.29) is 12.3 Å². The smallest absolute Gasteiger partial charge is 0.312 e. The first-order valence-corrected chi connectivity index (χ1v) is 5.89. The summed E-state index contributed by atoms with van der Waals surface area (Å²) < 4.78 is 5.38. The minimum absolute atomic E-state index is 0.199.